The quantitative estimate of drug-likeness (QED) is 0.636. The highest BCUT2D eigenvalue weighted by Crippen LogP contribution is 2.27. The highest BCUT2D eigenvalue weighted by atomic mass is 32.2. The van der Waals surface area contributed by atoms with Crippen molar-refractivity contribution in [3.8, 4) is 0 Å². The van der Waals surface area contributed by atoms with Gasteiger partial charge in [-0.25, -0.2) is 0 Å². The van der Waals surface area contributed by atoms with Crippen LogP contribution in [0, 0.1) is 0 Å². The Bertz CT molecular complexity index is 111. The third kappa shape index (κ3) is 4.02. The van der Waals surface area contributed by atoms with Crippen LogP contribution in [0.2, 0.25) is 0 Å². The molecule has 1 fully saturated rings. The van der Waals surface area contributed by atoms with E-state index in [1.165, 1.54) is 18.6 Å². The van der Waals surface area contributed by atoms with Gasteiger partial charge in [0.1, 0.15) is 0 Å². The van der Waals surface area contributed by atoms with Gasteiger partial charge in [0.2, 0.25) is 0 Å². The summed E-state index contributed by atoms with van der Waals surface area (Å²) in [6.45, 7) is 7.29. The Morgan fingerprint density at radius 2 is 2.18 bits per heavy atom. The Morgan fingerprint density at radius 3 is 2.64 bits per heavy atom. The summed E-state index contributed by atoms with van der Waals surface area (Å²) < 4.78 is 5.69. The van der Waals surface area contributed by atoms with Gasteiger partial charge in [-0.3, -0.25) is 0 Å². The van der Waals surface area contributed by atoms with Crippen molar-refractivity contribution >= 4 is 11.8 Å². The Kier molecular flexibility index (Phi) is 3.26. The second-order valence-electron chi connectivity index (χ2n) is 4.06. The zero-order valence-corrected chi connectivity index (χ0v) is 8.54. The topological polar surface area (TPSA) is 9.23 Å². The third-order valence-corrected chi connectivity index (χ3v) is 3.09. The maximum Gasteiger partial charge on any atom is 0.0599 e. The lowest BCUT2D eigenvalue weighted by Crippen LogP contribution is -2.23. The normalized spacial score (nSPS) is 25.9. The minimum absolute atomic E-state index is 0.0448. The molecular weight excluding hydrogens is 156 g/mol. The van der Waals surface area contributed by atoms with Crippen molar-refractivity contribution in [2.45, 2.75) is 44.5 Å². The fourth-order valence-electron chi connectivity index (χ4n) is 1.12. The molecule has 1 aliphatic rings. The van der Waals surface area contributed by atoms with Gasteiger partial charge in [0.05, 0.1) is 12.2 Å². The van der Waals surface area contributed by atoms with E-state index >= 15 is 0 Å². The number of rotatable bonds is 2. The predicted octanol–water partition coefficient (Wildman–Crippen LogP) is 2.70. The maximum absolute atomic E-state index is 5.69. The first-order valence-electron chi connectivity index (χ1n) is 4.33. The summed E-state index contributed by atoms with van der Waals surface area (Å²) in [6, 6.07) is 0. The smallest absolute Gasteiger partial charge is 0.0599 e. The number of ether oxygens (including phenoxy) is 1. The lowest BCUT2D eigenvalue weighted by Gasteiger charge is -2.21. The first-order valence-corrected chi connectivity index (χ1v) is 5.38. The number of hydrogen-bond acceptors (Lipinski definition) is 2. The van der Waals surface area contributed by atoms with E-state index in [1.54, 1.807) is 0 Å². The molecule has 1 rings (SSSR count). The Hall–Kier alpha value is 0.310. The van der Waals surface area contributed by atoms with Crippen LogP contribution in [-0.2, 0) is 4.74 Å². The second-order valence-corrected chi connectivity index (χ2v) is 5.47. The molecule has 0 aromatic rings. The van der Waals surface area contributed by atoms with Crippen LogP contribution >= 0.6 is 11.8 Å². The number of hydrogen-bond donors (Lipinski definition) is 0. The van der Waals surface area contributed by atoms with E-state index < -0.39 is 0 Å². The molecule has 1 aliphatic heterocycles. The van der Waals surface area contributed by atoms with Gasteiger partial charge in [-0.1, -0.05) is 0 Å². The van der Waals surface area contributed by atoms with E-state index in [9.17, 15) is 0 Å². The van der Waals surface area contributed by atoms with Crippen molar-refractivity contribution in [3.63, 3.8) is 0 Å². The Labute approximate surface area is 73.9 Å². The minimum Gasteiger partial charge on any atom is -0.375 e. The maximum atomic E-state index is 5.69. The second kappa shape index (κ2) is 3.81. The molecule has 0 saturated carbocycles. The van der Waals surface area contributed by atoms with Gasteiger partial charge in [-0.2, -0.15) is 11.8 Å². The molecule has 1 atom stereocenters. The zero-order valence-electron chi connectivity index (χ0n) is 7.72. The van der Waals surface area contributed by atoms with Crippen molar-refractivity contribution in [3.05, 3.63) is 0 Å². The summed E-state index contributed by atoms with van der Waals surface area (Å²) >= 11 is 2.06. The predicted molar refractivity (Wildman–Crippen MR) is 51.2 cm³/mol. The van der Waals surface area contributed by atoms with Gasteiger partial charge in [-0.15, -0.1) is 0 Å². The van der Waals surface area contributed by atoms with Crippen LogP contribution in [0.15, 0.2) is 0 Å². The van der Waals surface area contributed by atoms with Crippen LogP contribution in [0.25, 0.3) is 0 Å². The summed E-state index contributed by atoms with van der Waals surface area (Å²) in [5, 5.41) is 0.772. The largest absolute Gasteiger partial charge is 0.375 e. The first-order chi connectivity index (χ1) is 5.08. The Balaban J connectivity index is 2.11. The monoisotopic (exact) mass is 174 g/mol. The fourth-order valence-corrected chi connectivity index (χ4v) is 2.28. The molecule has 0 radical (unpaired) electrons. The highest BCUT2D eigenvalue weighted by Gasteiger charge is 2.18. The lowest BCUT2D eigenvalue weighted by molar-refractivity contribution is -0.00192. The van der Waals surface area contributed by atoms with Crippen molar-refractivity contribution in [1.82, 2.24) is 0 Å². The summed E-state index contributed by atoms with van der Waals surface area (Å²) in [7, 11) is 0. The summed E-state index contributed by atoms with van der Waals surface area (Å²) in [5.74, 6) is 1.33. The summed E-state index contributed by atoms with van der Waals surface area (Å²) in [4.78, 5) is 0. The molecule has 0 aromatic heterocycles. The molecule has 0 aliphatic carbocycles. The summed E-state index contributed by atoms with van der Waals surface area (Å²) in [6.07, 6.45) is 2.73. The average Bonchev–Trinajstić information content (AvgIpc) is 2.32. The van der Waals surface area contributed by atoms with Crippen LogP contribution in [0.5, 0.6) is 0 Å². The minimum atomic E-state index is 0.0448. The van der Waals surface area contributed by atoms with Crippen LogP contribution < -0.4 is 0 Å². The first kappa shape index (κ1) is 9.40. The molecule has 1 heterocycles. The van der Waals surface area contributed by atoms with E-state index in [1.807, 2.05) is 0 Å². The van der Waals surface area contributed by atoms with E-state index in [-0.39, 0.29) is 5.60 Å². The molecule has 0 amide bonds. The molecule has 66 valence electrons. The van der Waals surface area contributed by atoms with E-state index in [0.717, 1.165) is 11.9 Å². The molecule has 0 spiro atoms. The highest BCUT2D eigenvalue weighted by molar-refractivity contribution is 8.00. The van der Waals surface area contributed by atoms with Crippen LogP contribution in [0.4, 0.5) is 0 Å². The van der Waals surface area contributed by atoms with Crippen LogP contribution in [-0.4, -0.2) is 23.2 Å². The van der Waals surface area contributed by atoms with Crippen molar-refractivity contribution in [2.24, 2.45) is 0 Å². The van der Waals surface area contributed by atoms with E-state index in [2.05, 4.69) is 32.5 Å². The molecule has 1 nitrogen and oxygen atoms in total. The summed E-state index contributed by atoms with van der Waals surface area (Å²) in [5.41, 5.74) is 0.0448. The van der Waals surface area contributed by atoms with Crippen molar-refractivity contribution in [2.75, 3.05) is 12.4 Å². The van der Waals surface area contributed by atoms with Gasteiger partial charge in [0.25, 0.3) is 0 Å². The van der Waals surface area contributed by atoms with E-state index in [4.69, 9.17) is 4.74 Å². The molecule has 0 aromatic carbocycles. The van der Waals surface area contributed by atoms with Gasteiger partial charge in [-0.05, 0) is 39.4 Å². The van der Waals surface area contributed by atoms with Gasteiger partial charge < -0.3 is 4.74 Å². The van der Waals surface area contributed by atoms with Gasteiger partial charge >= 0.3 is 0 Å². The molecule has 0 bridgehead atoms. The average molecular weight is 174 g/mol. The standard InChI is InChI=1S/C9H18OS/c1-9(2,3)10-7-8-5-4-6-11-8/h8H,4-7H2,1-3H3. The van der Waals surface area contributed by atoms with E-state index in [0.29, 0.717) is 0 Å². The SMILES string of the molecule is CC(C)(C)OCC1CCCS1. The zero-order chi connectivity index (χ0) is 8.32. The van der Waals surface area contributed by atoms with Gasteiger partial charge in [0, 0.05) is 5.25 Å². The molecule has 0 N–H and O–H groups in total. The third-order valence-electron chi connectivity index (χ3n) is 1.73. The van der Waals surface area contributed by atoms with Crippen LogP contribution in [0.1, 0.15) is 33.6 Å². The molecule has 1 unspecified atom stereocenters. The lowest BCUT2D eigenvalue weighted by atomic mass is 10.2. The molecular formula is C9H18OS. The van der Waals surface area contributed by atoms with Crippen molar-refractivity contribution in [1.29, 1.82) is 0 Å². The molecule has 11 heavy (non-hydrogen) atoms. The molecule has 1 saturated heterocycles. The van der Waals surface area contributed by atoms with Crippen LogP contribution in [0.3, 0.4) is 0 Å². The van der Waals surface area contributed by atoms with Gasteiger partial charge in [0.15, 0.2) is 0 Å². The Morgan fingerprint density at radius 1 is 1.45 bits per heavy atom. The number of thioether (sulfide) groups is 1. The molecule has 2 heteroatoms. The van der Waals surface area contributed by atoms with Crippen molar-refractivity contribution < 1.29 is 4.74 Å². The fraction of sp³-hybridized carbons (Fsp3) is 1.00.